The maximum atomic E-state index is 12.3. The number of aromatic hydroxyl groups is 1. The average molecular weight is 290 g/mol. The highest BCUT2D eigenvalue weighted by atomic mass is 16.5. The molecule has 21 heavy (non-hydrogen) atoms. The standard InChI is InChI=1S/C16H22N2O3/c1-21-11-13-6-8-18(9-7-13)16(20)15(17)10-12-2-4-14(19)5-3-12/h2-6,15,19H,7-11,17H2,1H3/t15-/m0/s1. The van der Waals surface area contributed by atoms with Gasteiger partial charge < -0.3 is 20.5 Å². The van der Waals surface area contributed by atoms with Gasteiger partial charge in [-0.1, -0.05) is 18.2 Å². The first kappa shape index (κ1) is 15.5. The van der Waals surface area contributed by atoms with Crippen molar-refractivity contribution in [1.82, 2.24) is 4.90 Å². The Kier molecular flexibility index (Phi) is 5.36. The van der Waals surface area contributed by atoms with E-state index in [4.69, 9.17) is 10.5 Å². The number of carbonyl (C=O) groups excluding carboxylic acids is 1. The van der Waals surface area contributed by atoms with Crippen LogP contribution in [0.2, 0.25) is 0 Å². The highest BCUT2D eigenvalue weighted by molar-refractivity contribution is 5.82. The van der Waals surface area contributed by atoms with Crippen LogP contribution in [0.25, 0.3) is 0 Å². The lowest BCUT2D eigenvalue weighted by Gasteiger charge is -2.28. The molecule has 1 amide bonds. The third kappa shape index (κ3) is 4.31. The normalized spacial score (nSPS) is 16.5. The summed E-state index contributed by atoms with van der Waals surface area (Å²) < 4.78 is 5.10. The molecule has 0 spiro atoms. The van der Waals surface area contributed by atoms with Crippen molar-refractivity contribution in [3.8, 4) is 5.75 Å². The van der Waals surface area contributed by atoms with Crippen molar-refractivity contribution in [2.24, 2.45) is 5.73 Å². The number of methoxy groups -OCH3 is 1. The second-order valence-corrected chi connectivity index (χ2v) is 5.31. The quantitative estimate of drug-likeness (QED) is 0.795. The first-order valence-electron chi connectivity index (χ1n) is 7.09. The van der Waals surface area contributed by atoms with Crippen molar-refractivity contribution in [1.29, 1.82) is 0 Å². The van der Waals surface area contributed by atoms with E-state index in [-0.39, 0.29) is 11.7 Å². The first-order valence-corrected chi connectivity index (χ1v) is 7.09. The van der Waals surface area contributed by atoms with Gasteiger partial charge in [-0.3, -0.25) is 4.79 Å². The minimum atomic E-state index is -0.549. The Hall–Kier alpha value is -1.85. The highest BCUT2D eigenvalue weighted by Crippen LogP contribution is 2.14. The molecular formula is C16H22N2O3. The van der Waals surface area contributed by atoms with Crippen LogP contribution < -0.4 is 5.73 Å². The number of benzene rings is 1. The molecule has 0 saturated heterocycles. The Bertz CT molecular complexity index is 511. The van der Waals surface area contributed by atoms with E-state index in [9.17, 15) is 9.90 Å². The fourth-order valence-electron chi connectivity index (χ4n) is 2.44. The maximum absolute atomic E-state index is 12.3. The van der Waals surface area contributed by atoms with Crippen LogP contribution in [-0.2, 0) is 16.0 Å². The van der Waals surface area contributed by atoms with Crippen molar-refractivity contribution in [3.63, 3.8) is 0 Å². The molecule has 0 aliphatic carbocycles. The van der Waals surface area contributed by atoms with Crippen molar-refractivity contribution >= 4 is 5.91 Å². The summed E-state index contributed by atoms with van der Waals surface area (Å²) in [5.74, 6) is 0.182. The third-order valence-electron chi connectivity index (χ3n) is 3.65. The molecule has 5 heteroatoms. The molecule has 0 fully saturated rings. The van der Waals surface area contributed by atoms with Crippen LogP contribution in [-0.4, -0.2) is 48.8 Å². The SMILES string of the molecule is COCC1=CCN(C(=O)[C@@H](N)Cc2ccc(O)cc2)CC1. The lowest BCUT2D eigenvalue weighted by atomic mass is 10.0. The van der Waals surface area contributed by atoms with Gasteiger partial charge in [0.1, 0.15) is 5.75 Å². The molecule has 1 aromatic carbocycles. The molecule has 2 rings (SSSR count). The van der Waals surface area contributed by atoms with Crippen LogP contribution >= 0.6 is 0 Å². The van der Waals surface area contributed by atoms with Gasteiger partial charge in [0.25, 0.3) is 0 Å². The summed E-state index contributed by atoms with van der Waals surface area (Å²) in [7, 11) is 1.67. The van der Waals surface area contributed by atoms with E-state index >= 15 is 0 Å². The Morgan fingerprint density at radius 3 is 2.71 bits per heavy atom. The van der Waals surface area contributed by atoms with Crippen molar-refractivity contribution in [2.45, 2.75) is 18.9 Å². The first-order chi connectivity index (χ1) is 10.1. The van der Waals surface area contributed by atoms with Crippen LogP contribution in [0.5, 0.6) is 5.75 Å². The summed E-state index contributed by atoms with van der Waals surface area (Å²) in [6.07, 6.45) is 3.36. The average Bonchev–Trinajstić information content (AvgIpc) is 2.50. The molecule has 114 valence electrons. The van der Waals surface area contributed by atoms with Crippen LogP contribution in [0.4, 0.5) is 0 Å². The smallest absolute Gasteiger partial charge is 0.240 e. The Morgan fingerprint density at radius 2 is 2.14 bits per heavy atom. The molecule has 3 N–H and O–H groups in total. The lowest BCUT2D eigenvalue weighted by molar-refractivity contribution is -0.132. The molecule has 5 nitrogen and oxygen atoms in total. The van der Waals surface area contributed by atoms with Crippen LogP contribution in [0.1, 0.15) is 12.0 Å². The number of hydrogen-bond donors (Lipinski definition) is 2. The summed E-state index contributed by atoms with van der Waals surface area (Å²) in [4.78, 5) is 14.1. The predicted molar refractivity (Wildman–Crippen MR) is 80.9 cm³/mol. The molecule has 0 bridgehead atoms. The number of phenolic OH excluding ortho intramolecular Hbond substituents is 1. The Balaban J connectivity index is 1.89. The third-order valence-corrected chi connectivity index (χ3v) is 3.65. The van der Waals surface area contributed by atoms with Crippen molar-refractivity contribution < 1.29 is 14.6 Å². The van der Waals surface area contributed by atoms with Gasteiger partial charge in [-0.25, -0.2) is 0 Å². The zero-order valence-electron chi connectivity index (χ0n) is 12.3. The van der Waals surface area contributed by atoms with Crippen LogP contribution in [0.15, 0.2) is 35.9 Å². The van der Waals surface area contributed by atoms with E-state index in [1.165, 1.54) is 5.57 Å². The van der Waals surface area contributed by atoms with Gasteiger partial charge >= 0.3 is 0 Å². The van der Waals surface area contributed by atoms with Crippen LogP contribution in [0.3, 0.4) is 0 Å². The van der Waals surface area contributed by atoms with Gasteiger partial charge in [-0.15, -0.1) is 0 Å². The van der Waals surface area contributed by atoms with E-state index in [1.54, 1.807) is 36.3 Å². The number of ether oxygens (including phenoxy) is 1. The number of amides is 1. The minimum absolute atomic E-state index is 0.0317. The van der Waals surface area contributed by atoms with Crippen LogP contribution in [0, 0.1) is 0 Å². The molecule has 1 heterocycles. The summed E-state index contributed by atoms with van der Waals surface area (Å²) in [5.41, 5.74) is 8.19. The number of carbonyl (C=O) groups is 1. The summed E-state index contributed by atoms with van der Waals surface area (Å²) in [5, 5.41) is 9.25. The van der Waals surface area contributed by atoms with E-state index in [0.717, 1.165) is 12.0 Å². The fraction of sp³-hybridized carbons (Fsp3) is 0.438. The number of rotatable bonds is 5. The van der Waals surface area contributed by atoms with Gasteiger partial charge in [-0.05, 0) is 36.1 Å². The summed E-state index contributed by atoms with van der Waals surface area (Å²) >= 11 is 0. The topological polar surface area (TPSA) is 75.8 Å². The number of phenols is 1. The van der Waals surface area contributed by atoms with E-state index in [1.807, 2.05) is 6.08 Å². The predicted octanol–water partition coefficient (Wildman–Crippen LogP) is 1.07. The van der Waals surface area contributed by atoms with Gasteiger partial charge in [0.15, 0.2) is 0 Å². The number of nitrogens with zero attached hydrogens (tertiary/aromatic N) is 1. The van der Waals surface area contributed by atoms with E-state index < -0.39 is 6.04 Å². The fourth-order valence-corrected chi connectivity index (χ4v) is 2.44. The monoisotopic (exact) mass is 290 g/mol. The second-order valence-electron chi connectivity index (χ2n) is 5.31. The van der Waals surface area contributed by atoms with Gasteiger partial charge in [0, 0.05) is 20.2 Å². The molecule has 0 unspecified atom stereocenters. The zero-order chi connectivity index (χ0) is 15.2. The molecule has 0 saturated carbocycles. The summed E-state index contributed by atoms with van der Waals surface area (Å²) in [6.45, 7) is 1.92. The molecule has 1 aliphatic rings. The number of nitrogens with two attached hydrogens (primary N) is 1. The lowest BCUT2D eigenvalue weighted by Crippen LogP contribution is -2.46. The molecule has 0 aromatic heterocycles. The highest BCUT2D eigenvalue weighted by Gasteiger charge is 2.22. The minimum Gasteiger partial charge on any atom is -0.508 e. The van der Waals surface area contributed by atoms with E-state index in [0.29, 0.717) is 26.1 Å². The zero-order valence-corrected chi connectivity index (χ0v) is 12.3. The maximum Gasteiger partial charge on any atom is 0.240 e. The Labute approximate surface area is 125 Å². The largest absolute Gasteiger partial charge is 0.508 e. The molecular weight excluding hydrogens is 268 g/mol. The molecule has 1 aromatic rings. The molecule has 1 atom stereocenters. The van der Waals surface area contributed by atoms with Crippen molar-refractivity contribution in [3.05, 3.63) is 41.5 Å². The molecule has 1 aliphatic heterocycles. The Morgan fingerprint density at radius 1 is 1.43 bits per heavy atom. The molecule has 0 radical (unpaired) electrons. The number of hydrogen-bond acceptors (Lipinski definition) is 4. The van der Waals surface area contributed by atoms with E-state index in [2.05, 4.69) is 0 Å². The van der Waals surface area contributed by atoms with Gasteiger partial charge in [0.05, 0.1) is 12.6 Å². The van der Waals surface area contributed by atoms with Gasteiger partial charge in [0.2, 0.25) is 5.91 Å². The van der Waals surface area contributed by atoms with Crippen molar-refractivity contribution in [2.75, 3.05) is 26.8 Å². The summed E-state index contributed by atoms with van der Waals surface area (Å²) in [6, 6.07) is 6.23. The van der Waals surface area contributed by atoms with Gasteiger partial charge in [-0.2, -0.15) is 0 Å². The second kappa shape index (κ2) is 7.24.